The molecule has 2 aromatic heterocycles. The molecule has 0 unspecified atom stereocenters. The summed E-state index contributed by atoms with van der Waals surface area (Å²) in [4.78, 5) is 21.7. The monoisotopic (exact) mass is 523 g/mol. The first-order chi connectivity index (χ1) is 15.0. The smallest absolute Gasteiger partial charge is 0.286 e. The number of benzene rings is 1. The molecule has 1 fully saturated rings. The molecule has 0 atom stereocenters. The lowest BCUT2D eigenvalue weighted by molar-refractivity contribution is 0.240. The van der Waals surface area contributed by atoms with Crippen molar-refractivity contribution in [1.82, 2.24) is 19.2 Å². The zero-order valence-corrected chi connectivity index (χ0v) is 20.4. The number of hydrogen-bond acceptors (Lipinski definition) is 4. The lowest BCUT2D eigenvalue weighted by Gasteiger charge is -2.36. The van der Waals surface area contributed by atoms with Gasteiger partial charge in [0.05, 0.1) is 27.1 Å². The summed E-state index contributed by atoms with van der Waals surface area (Å²) in [6, 6.07) is 9.79. The van der Waals surface area contributed by atoms with Crippen LogP contribution in [0.4, 0.5) is 5.69 Å². The molecule has 9 heteroatoms. The fourth-order valence-corrected chi connectivity index (χ4v) is 5.13. The van der Waals surface area contributed by atoms with Crippen LogP contribution in [-0.4, -0.2) is 45.4 Å². The maximum Gasteiger partial charge on any atom is 0.286 e. The van der Waals surface area contributed by atoms with E-state index in [1.807, 2.05) is 30.3 Å². The maximum atomic E-state index is 13.1. The van der Waals surface area contributed by atoms with Crippen LogP contribution in [0.1, 0.15) is 19.0 Å². The summed E-state index contributed by atoms with van der Waals surface area (Å²) in [6.07, 6.45) is 4.19. The number of anilines is 1. The van der Waals surface area contributed by atoms with E-state index in [4.69, 9.17) is 23.2 Å². The summed E-state index contributed by atoms with van der Waals surface area (Å²) < 4.78 is 4.51. The van der Waals surface area contributed by atoms with Gasteiger partial charge in [0.25, 0.3) is 5.56 Å². The van der Waals surface area contributed by atoms with Gasteiger partial charge in [-0.05, 0) is 34.5 Å². The van der Waals surface area contributed by atoms with Crippen LogP contribution in [0, 0.1) is 0 Å². The molecule has 31 heavy (non-hydrogen) atoms. The van der Waals surface area contributed by atoms with Gasteiger partial charge >= 0.3 is 0 Å². The van der Waals surface area contributed by atoms with Crippen LogP contribution in [0.3, 0.4) is 0 Å². The molecular formula is C22H24BrCl2N5O. The predicted molar refractivity (Wildman–Crippen MR) is 130 cm³/mol. The van der Waals surface area contributed by atoms with E-state index in [0.717, 1.165) is 56.2 Å². The molecule has 1 aromatic carbocycles. The second-order valence-corrected chi connectivity index (χ2v) is 9.16. The van der Waals surface area contributed by atoms with Gasteiger partial charge in [0, 0.05) is 51.7 Å². The Balaban J connectivity index is 1.56. The topological polar surface area (TPSA) is 46.3 Å². The van der Waals surface area contributed by atoms with Gasteiger partial charge in [-0.3, -0.25) is 19.4 Å². The van der Waals surface area contributed by atoms with E-state index < -0.39 is 0 Å². The molecule has 0 saturated carbocycles. The molecule has 1 aliphatic heterocycles. The van der Waals surface area contributed by atoms with E-state index >= 15 is 0 Å². The second kappa shape index (κ2) is 9.77. The summed E-state index contributed by atoms with van der Waals surface area (Å²) in [6.45, 7) is 6.89. The minimum atomic E-state index is -0.0244. The van der Waals surface area contributed by atoms with Crippen molar-refractivity contribution in [3.05, 3.63) is 73.3 Å². The summed E-state index contributed by atoms with van der Waals surface area (Å²) in [5, 5.41) is 1.14. The van der Waals surface area contributed by atoms with Crippen molar-refractivity contribution in [3.63, 3.8) is 0 Å². The van der Waals surface area contributed by atoms with Gasteiger partial charge < -0.3 is 4.90 Å². The molecule has 1 saturated heterocycles. The van der Waals surface area contributed by atoms with Gasteiger partial charge in [0.1, 0.15) is 4.47 Å². The molecule has 1 aliphatic rings. The molecule has 164 valence electrons. The van der Waals surface area contributed by atoms with Crippen LogP contribution in [0.5, 0.6) is 0 Å². The molecule has 3 aromatic rings. The van der Waals surface area contributed by atoms with E-state index in [0.29, 0.717) is 21.1 Å². The quantitative estimate of drug-likeness (QED) is 0.463. The lowest BCUT2D eigenvalue weighted by Crippen LogP contribution is -2.46. The number of para-hydroxylation sites is 1. The summed E-state index contributed by atoms with van der Waals surface area (Å²) in [7, 11) is 0. The first-order valence-corrected chi connectivity index (χ1v) is 11.9. The van der Waals surface area contributed by atoms with Crippen molar-refractivity contribution in [2.24, 2.45) is 0 Å². The van der Waals surface area contributed by atoms with Crippen molar-refractivity contribution in [3.8, 4) is 5.69 Å². The summed E-state index contributed by atoms with van der Waals surface area (Å²) in [5.41, 5.74) is 2.70. The van der Waals surface area contributed by atoms with Gasteiger partial charge in [-0.2, -0.15) is 0 Å². The minimum absolute atomic E-state index is 0.0244. The van der Waals surface area contributed by atoms with Gasteiger partial charge in [-0.25, -0.2) is 4.68 Å². The Kier molecular flexibility index (Phi) is 7.06. The molecule has 0 radical (unpaired) electrons. The Labute approximate surface area is 200 Å². The molecular weight excluding hydrogens is 501 g/mol. The van der Waals surface area contributed by atoms with Gasteiger partial charge in [0.15, 0.2) is 0 Å². The Morgan fingerprint density at radius 1 is 1.03 bits per heavy atom. The van der Waals surface area contributed by atoms with Gasteiger partial charge in [-0.1, -0.05) is 48.3 Å². The van der Waals surface area contributed by atoms with E-state index in [1.165, 1.54) is 0 Å². The van der Waals surface area contributed by atoms with Crippen LogP contribution in [0.2, 0.25) is 10.0 Å². The molecule has 0 aliphatic carbocycles. The van der Waals surface area contributed by atoms with Gasteiger partial charge in [0.2, 0.25) is 0 Å². The number of nitrogens with zero attached hydrogens (tertiary/aromatic N) is 5. The fraction of sp³-hybridized carbons (Fsp3) is 0.364. The zero-order chi connectivity index (χ0) is 22.0. The third-order valence-corrected chi connectivity index (χ3v) is 6.86. The van der Waals surface area contributed by atoms with Crippen molar-refractivity contribution < 1.29 is 0 Å². The van der Waals surface area contributed by atoms with Crippen molar-refractivity contribution >= 4 is 44.8 Å². The molecule has 0 N–H and O–H groups in total. The third kappa shape index (κ3) is 4.55. The third-order valence-electron chi connectivity index (χ3n) is 5.51. The average molecular weight is 525 g/mol. The minimum Gasteiger partial charge on any atom is -0.366 e. The molecule has 0 amide bonds. The van der Waals surface area contributed by atoms with Gasteiger partial charge in [-0.15, -0.1) is 0 Å². The van der Waals surface area contributed by atoms with Crippen LogP contribution in [-0.2, 0) is 13.1 Å². The maximum absolute atomic E-state index is 13.1. The highest BCUT2D eigenvalue weighted by atomic mass is 79.9. The number of aromatic nitrogens is 3. The van der Waals surface area contributed by atoms with E-state index in [-0.39, 0.29) is 5.56 Å². The van der Waals surface area contributed by atoms with E-state index in [1.54, 1.807) is 17.1 Å². The Morgan fingerprint density at radius 2 is 1.68 bits per heavy atom. The van der Waals surface area contributed by atoms with Crippen molar-refractivity contribution in [2.45, 2.75) is 26.4 Å². The standard InChI is InChI=1S/C22H24BrCl2N5O/c1-2-8-29-19(20(23)22(31)30(29)16-6-4-3-5-7-16)15-27-9-11-28(12-10-27)21-17(24)13-26-14-18(21)25/h3-7,13-14H,2,8-12,15H2,1H3. The van der Waals surface area contributed by atoms with Crippen molar-refractivity contribution in [2.75, 3.05) is 31.1 Å². The van der Waals surface area contributed by atoms with E-state index in [9.17, 15) is 4.79 Å². The van der Waals surface area contributed by atoms with Crippen LogP contribution in [0.25, 0.3) is 5.69 Å². The summed E-state index contributed by atoms with van der Waals surface area (Å²) in [5.74, 6) is 0. The molecule has 6 nitrogen and oxygen atoms in total. The average Bonchev–Trinajstić information content (AvgIpc) is 3.00. The van der Waals surface area contributed by atoms with E-state index in [2.05, 4.69) is 42.3 Å². The largest absolute Gasteiger partial charge is 0.366 e. The lowest BCUT2D eigenvalue weighted by atomic mass is 10.2. The number of halogens is 3. The predicted octanol–water partition coefficient (Wildman–Crippen LogP) is 4.84. The highest BCUT2D eigenvalue weighted by Crippen LogP contribution is 2.33. The second-order valence-electron chi connectivity index (χ2n) is 7.55. The molecule has 4 rings (SSSR count). The Bertz CT molecular complexity index is 1090. The molecule has 0 spiro atoms. The summed E-state index contributed by atoms with van der Waals surface area (Å²) >= 11 is 16.2. The fourth-order valence-electron chi connectivity index (χ4n) is 4.03. The Morgan fingerprint density at radius 3 is 2.29 bits per heavy atom. The molecule has 3 heterocycles. The highest BCUT2D eigenvalue weighted by molar-refractivity contribution is 9.10. The first-order valence-electron chi connectivity index (χ1n) is 10.3. The van der Waals surface area contributed by atoms with Crippen LogP contribution >= 0.6 is 39.1 Å². The number of hydrogen-bond donors (Lipinski definition) is 0. The Hall–Kier alpha value is -1.80. The number of piperazine rings is 1. The van der Waals surface area contributed by atoms with Crippen LogP contribution in [0.15, 0.2) is 52.0 Å². The highest BCUT2D eigenvalue weighted by Gasteiger charge is 2.25. The van der Waals surface area contributed by atoms with Crippen LogP contribution < -0.4 is 10.5 Å². The van der Waals surface area contributed by atoms with Crippen molar-refractivity contribution in [1.29, 1.82) is 0 Å². The number of rotatable bonds is 6. The first kappa shape index (κ1) is 22.4. The zero-order valence-electron chi connectivity index (χ0n) is 17.3. The normalized spacial score (nSPS) is 14.9. The SMILES string of the molecule is CCCn1c(CN2CCN(c3c(Cl)cncc3Cl)CC2)c(Br)c(=O)n1-c1ccccc1. The molecule has 0 bridgehead atoms. The number of pyridine rings is 1.